The van der Waals surface area contributed by atoms with Crippen LogP contribution in [0, 0.1) is 0 Å². The summed E-state index contributed by atoms with van der Waals surface area (Å²) >= 11 is 0. The first-order valence-corrected chi connectivity index (χ1v) is 4.27. The minimum atomic E-state index is -1.08. The molecule has 0 aliphatic rings. The Morgan fingerprint density at radius 1 is 1.38 bits per heavy atom. The van der Waals surface area contributed by atoms with E-state index in [-0.39, 0.29) is 11.8 Å². The molecule has 0 saturated carbocycles. The van der Waals surface area contributed by atoms with Crippen LogP contribution in [0.1, 0.15) is 5.89 Å². The van der Waals surface area contributed by atoms with Gasteiger partial charge in [-0.25, -0.2) is 4.79 Å². The zero-order chi connectivity index (χ0) is 11.4. The molecule has 2 rings (SSSR count). The van der Waals surface area contributed by atoms with Crippen LogP contribution in [-0.4, -0.2) is 31.5 Å². The highest BCUT2D eigenvalue weighted by atomic mass is 16.4. The van der Waals surface area contributed by atoms with Gasteiger partial charge in [-0.3, -0.25) is 0 Å². The Kier molecular flexibility index (Phi) is 2.68. The number of carboxylic acids is 1. The van der Waals surface area contributed by atoms with Gasteiger partial charge in [0.25, 0.3) is 0 Å². The molecule has 0 aromatic carbocycles. The molecule has 0 bridgehead atoms. The van der Waals surface area contributed by atoms with Gasteiger partial charge in [0.2, 0.25) is 11.8 Å². The summed E-state index contributed by atoms with van der Waals surface area (Å²) < 4.78 is 5.18. The van der Waals surface area contributed by atoms with E-state index in [9.17, 15) is 4.79 Å². The van der Waals surface area contributed by atoms with Gasteiger partial charge in [0, 0.05) is 12.2 Å². The van der Waals surface area contributed by atoms with Gasteiger partial charge in [0.05, 0.1) is 18.0 Å². The number of hydrogen-bond donors (Lipinski definition) is 1. The van der Waals surface area contributed by atoms with E-state index in [1.807, 2.05) is 0 Å². The zero-order valence-corrected chi connectivity index (χ0v) is 7.94. The molecule has 0 aliphatic carbocycles. The number of nitrogens with zero attached hydrogens (tertiary/aromatic N) is 4. The molecule has 0 aliphatic heterocycles. The van der Waals surface area contributed by atoms with E-state index in [2.05, 4.69) is 20.4 Å². The molecule has 0 saturated heterocycles. The van der Waals surface area contributed by atoms with Crippen molar-refractivity contribution in [3.8, 4) is 11.5 Å². The molecule has 2 aromatic rings. The summed E-state index contributed by atoms with van der Waals surface area (Å²) in [5.41, 5.74) is 0.623. The Labute approximate surface area is 89.5 Å². The standard InChI is InChI=1S/C9H6N4O3/c14-8(15)2-1-7-12-13-9(16-7)6-3-4-10-11-5-6/h1-5H,(H,14,15)/b2-1+. The average molecular weight is 218 g/mol. The van der Waals surface area contributed by atoms with Gasteiger partial charge in [0.15, 0.2) is 0 Å². The molecular weight excluding hydrogens is 212 g/mol. The van der Waals surface area contributed by atoms with Gasteiger partial charge >= 0.3 is 5.97 Å². The number of rotatable bonds is 3. The molecule has 2 aromatic heterocycles. The van der Waals surface area contributed by atoms with Crippen molar-refractivity contribution in [1.82, 2.24) is 20.4 Å². The predicted octanol–water partition coefficient (Wildman–Crippen LogP) is 0.624. The SMILES string of the molecule is O=C(O)/C=C/c1nnc(-c2ccnnc2)o1. The van der Waals surface area contributed by atoms with Crippen molar-refractivity contribution in [1.29, 1.82) is 0 Å². The van der Waals surface area contributed by atoms with Gasteiger partial charge in [-0.05, 0) is 6.07 Å². The van der Waals surface area contributed by atoms with E-state index in [1.54, 1.807) is 6.07 Å². The average Bonchev–Trinajstić information content (AvgIpc) is 2.76. The van der Waals surface area contributed by atoms with Crippen LogP contribution >= 0.6 is 0 Å². The summed E-state index contributed by atoms with van der Waals surface area (Å²) in [5, 5.41) is 23.0. The Morgan fingerprint density at radius 2 is 2.25 bits per heavy atom. The van der Waals surface area contributed by atoms with E-state index in [0.717, 1.165) is 6.08 Å². The largest absolute Gasteiger partial charge is 0.478 e. The molecule has 16 heavy (non-hydrogen) atoms. The lowest BCUT2D eigenvalue weighted by Gasteiger charge is -1.89. The summed E-state index contributed by atoms with van der Waals surface area (Å²) in [6.45, 7) is 0. The second-order valence-corrected chi connectivity index (χ2v) is 2.75. The molecule has 0 radical (unpaired) electrons. The molecule has 7 nitrogen and oxygen atoms in total. The smallest absolute Gasteiger partial charge is 0.328 e. The Morgan fingerprint density at radius 3 is 2.94 bits per heavy atom. The molecule has 0 fully saturated rings. The Hall–Kier alpha value is -2.57. The second-order valence-electron chi connectivity index (χ2n) is 2.75. The molecular formula is C9H6N4O3. The Balaban J connectivity index is 2.23. The normalized spacial score (nSPS) is 10.8. The fourth-order valence-electron chi connectivity index (χ4n) is 0.978. The van der Waals surface area contributed by atoms with Gasteiger partial charge in [-0.1, -0.05) is 0 Å². The third-order valence-electron chi connectivity index (χ3n) is 1.64. The van der Waals surface area contributed by atoms with Crippen LogP contribution in [0.3, 0.4) is 0 Å². The summed E-state index contributed by atoms with van der Waals surface area (Å²) in [6, 6.07) is 1.66. The van der Waals surface area contributed by atoms with E-state index in [1.165, 1.54) is 18.5 Å². The molecule has 0 spiro atoms. The fourth-order valence-corrected chi connectivity index (χ4v) is 0.978. The first-order chi connectivity index (χ1) is 7.75. The van der Waals surface area contributed by atoms with Crippen LogP contribution in [-0.2, 0) is 4.79 Å². The molecule has 2 heterocycles. The van der Waals surface area contributed by atoms with E-state index in [4.69, 9.17) is 9.52 Å². The first-order valence-electron chi connectivity index (χ1n) is 4.27. The van der Waals surface area contributed by atoms with Crippen LogP contribution in [0.2, 0.25) is 0 Å². The van der Waals surface area contributed by atoms with Crippen LogP contribution in [0.25, 0.3) is 17.5 Å². The van der Waals surface area contributed by atoms with Gasteiger partial charge in [-0.2, -0.15) is 10.2 Å². The van der Waals surface area contributed by atoms with Crippen molar-refractivity contribution in [2.24, 2.45) is 0 Å². The predicted molar refractivity (Wildman–Crippen MR) is 52.0 cm³/mol. The number of hydrogen-bond acceptors (Lipinski definition) is 6. The maximum Gasteiger partial charge on any atom is 0.328 e. The van der Waals surface area contributed by atoms with Crippen LogP contribution in [0.4, 0.5) is 0 Å². The summed E-state index contributed by atoms with van der Waals surface area (Å²) in [6.07, 6.45) is 5.10. The number of aliphatic carboxylic acids is 1. The molecule has 80 valence electrons. The van der Waals surface area contributed by atoms with Crippen molar-refractivity contribution < 1.29 is 14.3 Å². The number of aromatic nitrogens is 4. The molecule has 0 atom stereocenters. The zero-order valence-electron chi connectivity index (χ0n) is 7.94. The van der Waals surface area contributed by atoms with Gasteiger partial charge < -0.3 is 9.52 Å². The minimum absolute atomic E-state index is 0.120. The molecule has 0 unspecified atom stereocenters. The van der Waals surface area contributed by atoms with Crippen molar-refractivity contribution in [3.05, 3.63) is 30.4 Å². The van der Waals surface area contributed by atoms with Gasteiger partial charge in [-0.15, -0.1) is 10.2 Å². The monoisotopic (exact) mass is 218 g/mol. The Bertz CT molecular complexity index is 521. The highest BCUT2D eigenvalue weighted by Gasteiger charge is 2.06. The number of carbonyl (C=O) groups is 1. The van der Waals surface area contributed by atoms with Crippen LogP contribution in [0.5, 0.6) is 0 Å². The topological polar surface area (TPSA) is 102 Å². The maximum atomic E-state index is 10.3. The maximum absolute atomic E-state index is 10.3. The third kappa shape index (κ3) is 2.27. The van der Waals surface area contributed by atoms with Crippen molar-refractivity contribution in [2.45, 2.75) is 0 Å². The number of carboxylic acid groups (broad SMARTS) is 1. The quantitative estimate of drug-likeness (QED) is 0.753. The fraction of sp³-hybridized carbons (Fsp3) is 0. The highest BCUT2D eigenvalue weighted by molar-refractivity contribution is 5.84. The van der Waals surface area contributed by atoms with Crippen molar-refractivity contribution in [2.75, 3.05) is 0 Å². The lowest BCUT2D eigenvalue weighted by molar-refractivity contribution is -0.131. The summed E-state index contributed by atoms with van der Waals surface area (Å²) in [4.78, 5) is 10.3. The van der Waals surface area contributed by atoms with Gasteiger partial charge in [0.1, 0.15) is 0 Å². The molecule has 1 N–H and O–H groups in total. The molecule has 0 amide bonds. The van der Waals surface area contributed by atoms with Crippen molar-refractivity contribution in [3.63, 3.8) is 0 Å². The van der Waals surface area contributed by atoms with Crippen LogP contribution < -0.4 is 0 Å². The minimum Gasteiger partial charge on any atom is -0.478 e. The molecule has 7 heteroatoms. The summed E-state index contributed by atoms with van der Waals surface area (Å²) in [7, 11) is 0. The van der Waals surface area contributed by atoms with E-state index in [0.29, 0.717) is 5.56 Å². The highest BCUT2D eigenvalue weighted by Crippen LogP contribution is 2.15. The third-order valence-corrected chi connectivity index (χ3v) is 1.64. The second kappa shape index (κ2) is 4.30. The van der Waals surface area contributed by atoms with Crippen LogP contribution in [0.15, 0.2) is 29.0 Å². The lowest BCUT2D eigenvalue weighted by atomic mass is 10.3. The lowest BCUT2D eigenvalue weighted by Crippen LogP contribution is -1.85. The van der Waals surface area contributed by atoms with Crippen molar-refractivity contribution >= 4 is 12.0 Å². The first kappa shape index (κ1) is 9.97. The summed E-state index contributed by atoms with van der Waals surface area (Å²) in [5.74, 6) is -0.695. The van der Waals surface area contributed by atoms with E-state index < -0.39 is 5.97 Å². The van der Waals surface area contributed by atoms with E-state index >= 15 is 0 Å².